The molecule has 2 rings (SSSR count). The van der Waals surface area contributed by atoms with E-state index in [2.05, 4.69) is 5.32 Å². The Morgan fingerprint density at radius 2 is 2.22 bits per heavy atom. The van der Waals surface area contributed by atoms with Crippen LogP contribution in [0.1, 0.15) is 12.0 Å². The molecule has 0 aromatic heterocycles. The van der Waals surface area contributed by atoms with Gasteiger partial charge in [-0.15, -0.1) is 0 Å². The summed E-state index contributed by atoms with van der Waals surface area (Å²) in [5.74, 6) is -0.864. The SMILES string of the molecule is CN1C(=O)CC(NCc2ccc(F)cc2Cl)C1=O. The lowest BCUT2D eigenvalue weighted by Crippen LogP contribution is -2.36. The lowest BCUT2D eigenvalue weighted by molar-refractivity contribution is -0.137. The number of hydrogen-bond acceptors (Lipinski definition) is 3. The van der Waals surface area contributed by atoms with Crippen molar-refractivity contribution in [3.05, 3.63) is 34.6 Å². The molecule has 2 amide bonds. The summed E-state index contributed by atoms with van der Waals surface area (Å²) >= 11 is 5.87. The summed E-state index contributed by atoms with van der Waals surface area (Å²) in [6, 6.07) is 3.54. The molecule has 1 N–H and O–H groups in total. The van der Waals surface area contributed by atoms with Crippen LogP contribution in [0.25, 0.3) is 0 Å². The molecule has 0 aliphatic carbocycles. The van der Waals surface area contributed by atoms with Crippen LogP contribution in [0.15, 0.2) is 18.2 Å². The van der Waals surface area contributed by atoms with E-state index in [0.717, 1.165) is 4.90 Å². The number of hydrogen-bond donors (Lipinski definition) is 1. The van der Waals surface area contributed by atoms with Gasteiger partial charge in [0.05, 0.1) is 12.5 Å². The summed E-state index contributed by atoms with van der Waals surface area (Å²) in [6.45, 7) is 0.316. The summed E-state index contributed by atoms with van der Waals surface area (Å²) in [5.41, 5.74) is 0.688. The third-order valence-electron chi connectivity index (χ3n) is 2.94. The molecular weight excluding hydrogens is 259 g/mol. The molecular formula is C12H12ClFN2O2. The first-order valence-electron chi connectivity index (χ1n) is 5.46. The Hall–Kier alpha value is -1.46. The summed E-state index contributed by atoms with van der Waals surface area (Å²) in [5, 5.41) is 3.25. The van der Waals surface area contributed by atoms with Crippen LogP contribution in [0.4, 0.5) is 4.39 Å². The number of carbonyl (C=O) groups is 2. The van der Waals surface area contributed by atoms with E-state index in [1.54, 1.807) is 6.07 Å². The molecule has 0 radical (unpaired) electrons. The number of likely N-dealkylation sites (N-methyl/N-ethyl adjacent to an activating group) is 1. The molecule has 18 heavy (non-hydrogen) atoms. The zero-order chi connectivity index (χ0) is 13.3. The van der Waals surface area contributed by atoms with Gasteiger partial charge in [0.25, 0.3) is 0 Å². The first-order chi connectivity index (χ1) is 8.49. The number of likely N-dealkylation sites (tertiary alicyclic amines) is 1. The van der Waals surface area contributed by atoms with Crippen LogP contribution in [0.5, 0.6) is 0 Å². The summed E-state index contributed by atoms with van der Waals surface area (Å²) in [7, 11) is 1.46. The van der Waals surface area contributed by atoms with Crippen molar-refractivity contribution in [2.24, 2.45) is 0 Å². The second-order valence-electron chi connectivity index (χ2n) is 4.16. The predicted molar refractivity (Wildman–Crippen MR) is 64.4 cm³/mol. The highest BCUT2D eigenvalue weighted by Crippen LogP contribution is 2.18. The van der Waals surface area contributed by atoms with Gasteiger partial charge in [-0.3, -0.25) is 14.5 Å². The second kappa shape index (κ2) is 5.04. The maximum absolute atomic E-state index is 12.8. The first kappa shape index (κ1) is 13.0. The van der Waals surface area contributed by atoms with Crippen molar-refractivity contribution >= 4 is 23.4 Å². The van der Waals surface area contributed by atoms with Gasteiger partial charge in [-0.25, -0.2) is 4.39 Å². The van der Waals surface area contributed by atoms with Crippen molar-refractivity contribution in [1.29, 1.82) is 0 Å². The third-order valence-corrected chi connectivity index (χ3v) is 3.29. The van der Waals surface area contributed by atoms with Gasteiger partial charge in [0, 0.05) is 18.6 Å². The molecule has 1 aromatic rings. The zero-order valence-corrected chi connectivity index (χ0v) is 10.5. The molecule has 6 heteroatoms. The van der Waals surface area contributed by atoms with E-state index >= 15 is 0 Å². The highest BCUT2D eigenvalue weighted by atomic mass is 35.5. The van der Waals surface area contributed by atoms with Gasteiger partial charge in [-0.2, -0.15) is 0 Å². The topological polar surface area (TPSA) is 49.4 Å². The Balaban J connectivity index is 2.00. The van der Waals surface area contributed by atoms with Crippen LogP contribution >= 0.6 is 11.6 Å². The highest BCUT2D eigenvalue weighted by Gasteiger charge is 2.35. The van der Waals surface area contributed by atoms with Gasteiger partial charge in [-0.1, -0.05) is 17.7 Å². The molecule has 96 valence electrons. The molecule has 1 fully saturated rings. The van der Waals surface area contributed by atoms with Crippen molar-refractivity contribution in [2.45, 2.75) is 19.0 Å². The number of halogens is 2. The van der Waals surface area contributed by atoms with Crippen LogP contribution < -0.4 is 5.32 Å². The average Bonchev–Trinajstić information content (AvgIpc) is 2.56. The van der Waals surface area contributed by atoms with E-state index in [1.807, 2.05) is 0 Å². The lowest BCUT2D eigenvalue weighted by Gasteiger charge is -2.11. The van der Waals surface area contributed by atoms with E-state index < -0.39 is 11.9 Å². The predicted octanol–water partition coefficient (Wildman–Crippen LogP) is 1.33. The molecule has 1 heterocycles. The smallest absolute Gasteiger partial charge is 0.246 e. The fourth-order valence-electron chi connectivity index (χ4n) is 1.81. The van der Waals surface area contributed by atoms with Crippen LogP contribution in [0.2, 0.25) is 5.02 Å². The monoisotopic (exact) mass is 270 g/mol. The first-order valence-corrected chi connectivity index (χ1v) is 5.84. The van der Waals surface area contributed by atoms with E-state index in [1.165, 1.54) is 19.2 Å². The Morgan fingerprint density at radius 3 is 2.78 bits per heavy atom. The van der Waals surface area contributed by atoms with E-state index in [4.69, 9.17) is 11.6 Å². The van der Waals surface area contributed by atoms with E-state index in [9.17, 15) is 14.0 Å². The van der Waals surface area contributed by atoms with Gasteiger partial charge in [0.15, 0.2) is 0 Å². The van der Waals surface area contributed by atoms with Crippen LogP contribution in [0, 0.1) is 5.82 Å². The minimum Gasteiger partial charge on any atom is -0.301 e. The fraction of sp³-hybridized carbons (Fsp3) is 0.333. The Bertz CT molecular complexity index is 507. The van der Waals surface area contributed by atoms with Gasteiger partial charge in [0.1, 0.15) is 5.82 Å². The Labute approximate surface area is 109 Å². The number of nitrogens with one attached hydrogen (secondary N) is 1. The highest BCUT2D eigenvalue weighted by molar-refractivity contribution is 6.31. The largest absolute Gasteiger partial charge is 0.301 e. The van der Waals surface area contributed by atoms with Crippen molar-refractivity contribution in [1.82, 2.24) is 10.2 Å². The van der Waals surface area contributed by atoms with Crippen molar-refractivity contribution in [3.8, 4) is 0 Å². The molecule has 1 saturated heterocycles. The molecule has 0 spiro atoms. The maximum atomic E-state index is 12.8. The lowest BCUT2D eigenvalue weighted by atomic mass is 10.2. The Kier molecular flexibility index (Phi) is 3.63. The van der Waals surface area contributed by atoms with Crippen LogP contribution in [-0.2, 0) is 16.1 Å². The van der Waals surface area contributed by atoms with E-state index in [-0.39, 0.29) is 18.2 Å². The normalized spacial score (nSPS) is 19.7. The number of amides is 2. The number of rotatable bonds is 3. The van der Waals surface area contributed by atoms with Gasteiger partial charge in [-0.05, 0) is 17.7 Å². The third kappa shape index (κ3) is 2.52. The van der Waals surface area contributed by atoms with Crippen molar-refractivity contribution < 1.29 is 14.0 Å². The molecule has 1 unspecified atom stereocenters. The average molecular weight is 271 g/mol. The molecule has 1 aromatic carbocycles. The number of imide groups is 1. The molecule has 4 nitrogen and oxygen atoms in total. The molecule has 0 bridgehead atoms. The summed E-state index contributed by atoms with van der Waals surface area (Å²) in [6.07, 6.45) is 0.147. The maximum Gasteiger partial charge on any atom is 0.246 e. The summed E-state index contributed by atoms with van der Waals surface area (Å²) in [4.78, 5) is 24.0. The van der Waals surface area contributed by atoms with Gasteiger partial charge >= 0.3 is 0 Å². The summed E-state index contributed by atoms with van der Waals surface area (Å²) < 4.78 is 12.8. The van der Waals surface area contributed by atoms with E-state index in [0.29, 0.717) is 17.1 Å². The second-order valence-corrected chi connectivity index (χ2v) is 4.57. The van der Waals surface area contributed by atoms with Gasteiger partial charge < -0.3 is 5.32 Å². The van der Waals surface area contributed by atoms with Crippen molar-refractivity contribution in [3.63, 3.8) is 0 Å². The molecule has 0 saturated carbocycles. The zero-order valence-electron chi connectivity index (χ0n) is 9.74. The molecule has 1 aliphatic rings. The van der Waals surface area contributed by atoms with Crippen LogP contribution in [0.3, 0.4) is 0 Å². The number of carbonyl (C=O) groups excluding carboxylic acids is 2. The quantitative estimate of drug-likeness (QED) is 0.843. The number of benzene rings is 1. The van der Waals surface area contributed by atoms with Crippen LogP contribution in [-0.4, -0.2) is 29.8 Å². The minimum absolute atomic E-state index is 0.147. The standard InChI is InChI=1S/C12H12ClFN2O2/c1-16-11(17)5-10(12(16)18)15-6-7-2-3-8(14)4-9(7)13/h2-4,10,15H,5-6H2,1H3. The molecule has 1 aliphatic heterocycles. The number of nitrogens with zero attached hydrogens (tertiary/aromatic N) is 1. The molecule has 1 atom stereocenters. The Morgan fingerprint density at radius 1 is 1.50 bits per heavy atom. The fourth-order valence-corrected chi connectivity index (χ4v) is 2.05. The van der Waals surface area contributed by atoms with Crippen molar-refractivity contribution in [2.75, 3.05) is 7.05 Å². The van der Waals surface area contributed by atoms with Gasteiger partial charge in [0.2, 0.25) is 11.8 Å². The minimum atomic E-state index is -0.524.